The zero-order valence-corrected chi connectivity index (χ0v) is 17.4. The fourth-order valence-corrected chi connectivity index (χ4v) is 3.08. The molecule has 160 valence electrons. The molecule has 0 spiro atoms. The summed E-state index contributed by atoms with van der Waals surface area (Å²) in [6.45, 7) is 0.268. The van der Waals surface area contributed by atoms with Crippen LogP contribution in [0.5, 0.6) is 5.75 Å². The minimum absolute atomic E-state index is 0.110. The molecule has 1 atom stereocenters. The lowest BCUT2D eigenvalue weighted by Crippen LogP contribution is -2.43. The van der Waals surface area contributed by atoms with Crippen molar-refractivity contribution in [3.05, 3.63) is 102 Å². The second-order valence-electron chi connectivity index (χ2n) is 7.22. The molecule has 0 saturated carbocycles. The molecule has 1 unspecified atom stereocenters. The molecule has 0 aliphatic heterocycles. The van der Waals surface area contributed by atoms with E-state index < -0.39 is 12.2 Å². The number of likely N-dealkylation sites (N-methyl/N-ethyl adjacent to an activating group) is 1. The summed E-state index contributed by atoms with van der Waals surface area (Å²) in [7, 11) is 1.51. The molecular formula is C25H26N2O4. The molecule has 31 heavy (non-hydrogen) atoms. The highest BCUT2D eigenvalue weighted by atomic mass is 16.6. The van der Waals surface area contributed by atoms with E-state index in [4.69, 9.17) is 4.74 Å². The van der Waals surface area contributed by atoms with Crippen molar-refractivity contribution < 1.29 is 19.4 Å². The fourth-order valence-electron chi connectivity index (χ4n) is 3.08. The molecule has 2 amide bonds. The molecule has 0 fully saturated rings. The summed E-state index contributed by atoms with van der Waals surface area (Å²) in [5.74, 6) is 0.124. The lowest BCUT2D eigenvalue weighted by atomic mass is 10.1. The van der Waals surface area contributed by atoms with E-state index in [1.54, 1.807) is 29.2 Å². The first-order chi connectivity index (χ1) is 15.0. The molecule has 3 aromatic carbocycles. The van der Waals surface area contributed by atoms with Crippen LogP contribution in [0.3, 0.4) is 0 Å². The number of aliphatic hydroxyl groups excluding tert-OH is 1. The van der Waals surface area contributed by atoms with Gasteiger partial charge in [-0.25, -0.2) is 4.79 Å². The summed E-state index contributed by atoms with van der Waals surface area (Å²) in [5.41, 5.74) is 1.66. The van der Waals surface area contributed by atoms with Crippen molar-refractivity contribution in [1.29, 1.82) is 0 Å². The largest absolute Gasteiger partial charge is 0.415 e. The Labute approximate surface area is 182 Å². The zero-order chi connectivity index (χ0) is 22.1. The maximum Gasteiger partial charge on any atom is 0.415 e. The molecule has 1 N–H and O–H groups in total. The van der Waals surface area contributed by atoms with Crippen LogP contribution in [0, 0.1) is 0 Å². The van der Waals surface area contributed by atoms with Crippen LogP contribution in [0.1, 0.15) is 17.2 Å². The number of hydrogen-bond donors (Lipinski definition) is 1. The number of ether oxygens (including phenoxy) is 1. The molecule has 0 saturated heterocycles. The van der Waals surface area contributed by atoms with Gasteiger partial charge < -0.3 is 19.6 Å². The Balaban J connectivity index is 1.68. The number of amides is 2. The van der Waals surface area contributed by atoms with Crippen molar-refractivity contribution in [1.82, 2.24) is 9.80 Å². The highest BCUT2D eigenvalue weighted by Gasteiger charge is 2.23. The van der Waals surface area contributed by atoms with Crippen LogP contribution in [0.25, 0.3) is 0 Å². The first kappa shape index (κ1) is 22.1. The fraction of sp³-hybridized carbons (Fsp3) is 0.200. The SMILES string of the molecule is CN(CC(=O)N(Cc1ccccc1)CC(O)c1ccccc1)C(=O)Oc1ccccc1. The van der Waals surface area contributed by atoms with Crippen LogP contribution in [0.15, 0.2) is 91.0 Å². The van der Waals surface area contributed by atoms with Crippen LogP contribution in [0.2, 0.25) is 0 Å². The zero-order valence-electron chi connectivity index (χ0n) is 17.4. The molecule has 0 aliphatic rings. The lowest BCUT2D eigenvalue weighted by Gasteiger charge is -2.27. The summed E-state index contributed by atoms with van der Waals surface area (Å²) in [5, 5.41) is 10.7. The number of carbonyl (C=O) groups excluding carboxylic acids is 2. The van der Waals surface area contributed by atoms with Crippen LogP contribution < -0.4 is 4.74 Å². The molecule has 0 bridgehead atoms. The van der Waals surface area contributed by atoms with Crippen molar-refractivity contribution in [3.63, 3.8) is 0 Å². The third-order valence-corrected chi connectivity index (χ3v) is 4.78. The number of para-hydroxylation sites is 1. The Hall–Kier alpha value is -3.64. The summed E-state index contributed by atoms with van der Waals surface area (Å²) >= 11 is 0. The van der Waals surface area contributed by atoms with Crippen molar-refractivity contribution >= 4 is 12.0 Å². The molecule has 0 aromatic heterocycles. The summed E-state index contributed by atoms with van der Waals surface area (Å²) < 4.78 is 5.29. The van der Waals surface area contributed by atoms with Gasteiger partial charge in [0.1, 0.15) is 12.3 Å². The number of hydrogen-bond acceptors (Lipinski definition) is 4. The van der Waals surface area contributed by atoms with E-state index >= 15 is 0 Å². The molecule has 0 heterocycles. The first-order valence-electron chi connectivity index (χ1n) is 10.1. The van der Waals surface area contributed by atoms with Crippen LogP contribution >= 0.6 is 0 Å². The normalized spacial score (nSPS) is 11.4. The first-order valence-corrected chi connectivity index (χ1v) is 10.1. The van der Waals surface area contributed by atoms with E-state index in [-0.39, 0.29) is 19.0 Å². The Kier molecular flexibility index (Phi) is 7.79. The molecule has 3 aromatic rings. The number of aliphatic hydroxyl groups is 1. The molecule has 0 aliphatic carbocycles. The monoisotopic (exact) mass is 418 g/mol. The maximum atomic E-state index is 13.0. The van der Waals surface area contributed by atoms with Crippen molar-refractivity contribution in [2.45, 2.75) is 12.6 Å². The molecule has 6 heteroatoms. The van der Waals surface area contributed by atoms with Crippen LogP contribution in [-0.2, 0) is 11.3 Å². The van der Waals surface area contributed by atoms with Crippen molar-refractivity contribution in [3.8, 4) is 5.75 Å². The van der Waals surface area contributed by atoms with Crippen molar-refractivity contribution in [2.75, 3.05) is 20.1 Å². The van der Waals surface area contributed by atoms with Gasteiger partial charge in [0, 0.05) is 13.6 Å². The van der Waals surface area contributed by atoms with Gasteiger partial charge in [0.25, 0.3) is 0 Å². The second kappa shape index (κ2) is 10.9. The molecular weight excluding hydrogens is 392 g/mol. The predicted molar refractivity (Wildman–Crippen MR) is 118 cm³/mol. The van der Waals surface area contributed by atoms with Gasteiger partial charge in [-0.05, 0) is 23.3 Å². The number of rotatable bonds is 8. The Morgan fingerprint density at radius 1 is 0.871 bits per heavy atom. The van der Waals surface area contributed by atoms with E-state index in [1.165, 1.54) is 11.9 Å². The standard InChI is InChI=1S/C25H26N2O4/c1-26(25(30)31-22-15-9-4-10-16-22)19-24(29)27(17-20-11-5-2-6-12-20)18-23(28)21-13-7-3-8-14-21/h2-16,23,28H,17-19H2,1H3. The topological polar surface area (TPSA) is 70.1 Å². The number of carbonyl (C=O) groups is 2. The van der Waals surface area contributed by atoms with Crippen LogP contribution in [-0.4, -0.2) is 47.0 Å². The highest BCUT2D eigenvalue weighted by molar-refractivity contribution is 5.82. The Morgan fingerprint density at radius 2 is 1.42 bits per heavy atom. The number of benzene rings is 3. The smallest absolute Gasteiger partial charge is 0.410 e. The summed E-state index contributed by atoms with van der Waals surface area (Å²) in [6, 6.07) is 27.4. The average molecular weight is 418 g/mol. The molecule has 6 nitrogen and oxygen atoms in total. The van der Waals surface area contributed by atoms with E-state index in [0.29, 0.717) is 12.3 Å². The Morgan fingerprint density at radius 3 is 2.03 bits per heavy atom. The summed E-state index contributed by atoms with van der Waals surface area (Å²) in [6.07, 6.45) is -1.46. The van der Waals surface area contributed by atoms with Gasteiger partial charge in [-0.3, -0.25) is 4.79 Å². The summed E-state index contributed by atoms with van der Waals surface area (Å²) in [4.78, 5) is 28.2. The van der Waals surface area contributed by atoms with Gasteiger partial charge in [-0.15, -0.1) is 0 Å². The van der Waals surface area contributed by atoms with Gasteiger partial charge in [0.05, 0.1) is 12.6 Å². The highest BCUT2D eigenvalue weighted by Crippen LogP contribution is 2.16. The van der Waals surface area contributed by atoms with E-state index in [9.17, 15) is 14.7 Å². The Bertz CT molecular complexity index is 965. The third-order valence-electron chi connectivity index (χ3n) is 4.78. The minimum Gasteiger partial charge on any atom is -0.410 e. The minimum atomic E-state index is -0.838. The quantitative estimate of drug-likeness (QED) is 0.603. The number of nitrogens with zero attached hydrogens (tertiary/aromatic N) is 2. The predicted octanol–water partition coefficient (Wildman–Crippen LogP) is 3.88. The average Bonchev–Trinajstić information content (AvgIpc) is 2.80. The van der Waals surface area contributed by atoms with Crippen molar-refractivity contribution in [2.24, 2.45) is 0 Å². The van der Waals surface area contributed by atoms with Gasteiger partial charge in [-0.1, -0.05) is 78.9 Å². The molecule has 0 radical (unpaired) electrons. The van der Waals surface area contributed by atoms with Crippen LogP contribution in [0.4, 0.5) is 4.79 Å². The van der Waals surface area contributed by atoms with E-state index in [0.717, 1.165) is 11.1 Å². The maximum absolute atomic E-state index is 13.0. The van der Waals surface area contributed by atoms with Gasteiger partial charge in [0.2, 0.25) is 5.91 Å². The third kappa shape index (κ3) is 6.69. The lowest BCUT2D eigenvalue weighted by molar-refractivity contribution is -0.133. The van der Waals surface area contributed by atoms with Gasteiger partial charge >= 0.3 is 6.09 Å². The van der Waals surface area contributed by atoms with Gasteiger partial charge in [-0.2, -0.15) is 0 Å². The molecule has 3 rings (SSSR count). The van der Waals surface area contributed by atoms with Gasteiger partial charge in [0.15, 0.2) is 0 Å². The van der Waals surface area contributed by atoms with E-state index in [2.05, 4.69) is 0 Å². The van der Waals surface area contributed by atoms with E-state index in [1.807, 2.05) is 66.7 Å². The second-order valence-corrected chi connectivity index (χ2v) is 7.22.